The summed E-state index contributed by atoms with van der Waals surface area (Å²) in [6, 6.07) is 10.6. The molecule has 1 aromatic rings. The van der Waals surface area contributed by atoms with Crippen LogP contribution in [0, 0.1) is 0 Å². The number of nitrogens with zero attached hydrogens (tertiary/aromatic N) is 2. The van der Waals surface area contributed by atoms with Gasteiger partial charge in [-0.15, -0.1) is 0 Å². The summed E-state index contributed by atoms with van der Waals surface area (Å²) in [5.41, 5.74) is 1.24. The molecule has 0 saturated heterocycles. The topological polar surface area (TPSA) is 15.6 Å². The Bertz CT molecular complexity index is 672. The van der Waals surface area contributed by atoms with Crippen LogP contribution in [0.15, 0.2) is 35.0 Å². The first-order valence-electron chi connectivity index (χ1n) is 11.5. The minimum atomic E-state index is -1.48. The van der Waals surface area contributed by atoms with E-state index < -0.39 is 39.2 Å². The van der Waals surface area contributed by atoms with Gasteiger partial charge < -0.3 is 0 Å². The second-order valence-corrected chi connectivity index (χ2v) is 61.6. The summed E-state index contributed by atoms with van der Waals surface area (Å²) >= 11 is 2.19. The molecule has 0 aliphatic rings. The minimum absolute atomic E-state index is 0.0255. The van der Waals surface area contributed by atoms with Gasteiger partial charge in [0.2, 0.25) is 0 Å². The van der Waals surface area contributed by atoms with Crippen LogP contribution in [-0.4, -0.2) is 72.7 Å². The number of amidine groups is 1. The van der Waals surface area contributed by atoms with Crippen molar-refractivity contribution in [3.63, 3.8) is 0 Å². The van der Waals surface area contributed by atoms with Crippen molar-refractivity contribution in [1.82, 2.24) is 3.52 Å². The maximum atomic E-state index is 5.06. The molecule has 0 aliphatic carbocycles. The summed E-state index contributed by atoms with van der Waals surface area (Å²) < 4.78 is 7.48. The molecule has 31 heavy (non-hydrogen) atoms. The van der Waals surface area contributed by atoms with E-state index in [-0.39, 0.29) is 7.35 Å². The predicted octanol–water partition coefficient (Wildman–Crippen LogP) is 7.22. The molecule has 1 aromatic carbocycles. The Morgan fingerprint density at radius 2 is 1.03 bits per heavy atom. The molecule has 0 aliphatic heterocycles. The molecule has 0 amide bonds. The second kappa shape index (κ2) is 11.3. The van der Waals surface area contributed by atoms with Crippen LogP contribution in [0.5, 0.6) is 0 Å². The molecule has 0 N–H and O–H groups in total. The third kappa shape index (κ3) is 12.0. The van der Waals surface area contributed by atoms with Crippen LogP contribution in [-0.2, 0) is 0 Å². The number of hydrogen-bond donors (Lipinski definition) is 0. The first kappa shape index (κ1) is 31.5. The van der Waals surface area contributed by atoms with Crippen molar-refractivity contribution in [3.8, 4) is 0 Å². The molecule has 0 unspecified atom stereocenters. The fourth-order valence-corrected chi connectivity index (χ4v) is 95.0. The summed E-state index contributed by atoms with van der Waals surface area (Å²) in [7, 11) is -5.33. The molecule has 0 spiro atoms. The van der Waals surface area contributed by atoms with Crippen LogP contribution in [0.4, 0.5) is 0 Å². The number of benzene rings is 1. The summed E-state index contributed by atoms with van der Waals surface area (Å²) in [5.74, 6) is 1.17. The van der Waals surface area contributed by atoms with Gasteiger partial charge in [0.15, 0.2) is 0 Å². The minimum Gasteiger partial charge on any atom is -0.0721 e. The number of rotatable bonds is 6. The standard InChI is InChI=1S/C13H23GeN2Si2.C9H27Si4/c1-17(2,3)15-13(16(14)18(4,5)6)12-10-8-7-9-11-12;1-11(2,3)10(12(4,5)6)13(7,8)9/h7-11H,1-6H3;1-9H3/b15-13+;. The van der Waals surface area contributed by atoms with Crippen molar-refractivity contribution in [3.05, 3.63) is 35.9 Å². The van der Waals surface area contributed by atoms with Gasteiger partial charge in [0.05, 0.1) is 0 Å². The third-order valence-electron chi connectivity index (χ3n) is 4.61. The zero-order valence-electron chi connectivity index (χ0n) is 23.3. The van der Waals surface area contributed by atoms with Gasteiger partial charge in [0, 0.05) is 30.1 Å². The summed E-state index contributed by atoms with van der Waals surface area (Å²) in [4.78, 5) is 0. The smallest absolute Gasteiger partial charge is 0.0306 e. The molecule has 0 fully saturated rings. The monoisotopic (exact) mass is 584 g/mol. The average Bonchev–Trinajstić information content (AvgIpc) is 2.47. The largest absolute Gasteiger partial charge is 0.0721 e. The van der Waals surface area contributed by atoms with Crippen molar-refractivity contribution in [1.29, 1.82) is 0 Å². The van der Waals surface area contributed by atoms with Crippen LogP contribution in [0.1, 0.15) is 5.56 Å². The fourth-order valence-electron chi connectivity index (χ4n) is 4.84. The zero-order valence-corrected chi connectivity index (χ0v) is 31.4. The van der Waals surface area contributed by atoms with E-state index >= 15 is 0 Å². The van der Waals surface area contributed by atoms with Crippen molar-refractivity contribution >= 4 is 69.2 Å². The van der Waals surface area contributed by atoms with E-state index in [4.69, 9.17) is 4.66 Å². The van der Waals surface area contributed by atoms with Gasteiger partial charge in [-0.2, -0.15) is 0 Å². The molecule has 0 aromatic heterocycles. The van der Waals surface area contributed by atoms with Gasteiger partial charge in [-0.25, -0.2) is 0 Å². The van der Waals surface area contributed by atoms with E-state index in [0.717, 1.165) is 0 Å². The Morgan fingerprint density at radius 1 is 0.677 bits per heavy atom. The van der Waals surface area contributed by atoms with Crippen LogP contribution >= 0.6 is 0 Å². The first-order chi connectivity index (χ1) is 13.5. The quantitative estimate of drug-likeness (QED) is 0.196. The van der Waals surface area contributed by atoms with E-state index in [9.17, 15) is 0 Å². The summed E-state index contributed by atoms with van der Waals surface area (Å²) in [5, 5.41) is 0. The summed E-state index contributed by atoms with van der Waals surface area (Å²) in [6.45, 7) is 37.4. The van der Waals surface area contributed by atoms with Crippen LogP contribution in [0.25, 0.3) is 0 Å². The van der Waals surface area contributed by atoms with Crippen molar-refractivity contribution in [2.75, 3.05) is 0 Å². The van der Waals surface area contributed by atoms with Crippen LogP contribution in [0.2, 0.25) is 98.2 Å². The third-order valence-corrected chi connectivity index (χ3v) is 70.2. The van der Waals surface area contributed by atoms with Crippen molar-refractivity contribution < 1.29 is 0 Å². The predicted molar refractivity (Wildman–Crippen MR) is 163 cm³/mol. The zero-order chi connectivity index (χ0) is 25.1. The van der Waals surface area contributed by atoms with Gasteiger partial charge in [-0.05, 0) is 0 Å². The fraction of sp³-hybridized carbons (Fsp3) is 0.682. The van der Waals surface area contributed by atoms with Gasteiger partial charge in [-0.3, -0.25) is 0 Å². The number of hydrogen-bond acceptors (Lipinski definition) is 1. The average molecular weight is 584 g/mol. The SMILES string of the molecule is C[Si](C)(C)/N=C(\c1ccccc1)[N]([Ge])[Si](C)(C)C.C[Si](C)(C)[Si]([Si](C)(C)C)[Si](C)(C)C. The molecule has 0 bridgehead atoms. The molecule has 2 nitrogen and oxygen atoms in total. The Hall–Kier alpha value is 0.534. The van der Waals surface area contributed by atoms with Crippen LogP contribution < -0.4 is 0 Å². The van der Waals surface area contributed by atoms with Gasteiger partial charge >= 0.3 is 122 Å². The Kier molecular flexibility index (Phi) is 11.5. The first-order valence-corrected chi connectivity index (χ1v) is 34.4. The molecule has 0 saturated carbocycles. The van der Waals surface area contributed by atoms with Crippen molar-refractivity contribution in [2.24, 2.45) is 4.66 Å². The normalized spacial score (nSPS) is 14.3. The van der Waals surface area contributed by atoms with E-state index in [1.165, 1.54) is 11.4 Å². The molecular weight excluding hydrogens is 533 g/mol. The van der Waals surface area contributed by atoms with Gasteiger partial charge in [0.25, 0.3) is 0 Å². The maximum absolute atomic E-state index is 5.06. The molecule has 9 heteroatoms. The molecule has 0 atom stereocenters. The molecule has 4 radical (unpaired) electrons. The van der Waals surface area contributed by atoms with E-state index in [1.807, 2.05) is 0 Å². The van der Waals surface area contributed by atoms with E-state index in [1.54, 1.807) is 0 Å². The maximum Gasteiger partial charge on any atom is 0.0306 e. The Labute approximate surface area is 210 Å². The Morgan fingerprint density at radius 3 is 1.26 bits per heavy atom. The summed E-state index contributed by atoms with van der Waals surface area (Å²) in [6.07, 6.45) is 0. The Balaban J connectivity index is 0.000000615. The second-order valence-electron chi connectivity index (χ2n) is 13.6. The van der Waals surface area contributed by atoms with Crippen LogP contribution in [0.3, 0.4) is 0 Å². The molecule has 176 valence electrons. The van der Waals surface area contributed by atoms with Gasteiger partial charge in [0.1, 0.15) is 0 Å². The van der Waals surface area contributed by atoms with Crippen molar-refractivity contribution in [2.45, 2.75) is 98.2 Å². The van der Waals surface area contributed by atoms with E-state index in [2.05, 4.69) is 149 Å². The molecular formula is C22H50GeN2Si6. The van der Waals surface area contributed by atoms with Gasteiger partial charge in [-0.1, -0.05) is 58.9 Å². The molecule has 1 rings (SSSR count). The molecule has 0 heterocycles. The van der Waals surface area contributed by atoms with E-state index in [0.29, 0.717) is 0 Å².